The lowest BCUT2D eigenvalue weighted by Crippen LogP contribution is -2.25. The van der Waals surface area contributed by atoms with Gasteiger partial charge in [-0.2, -0.15) is 0 Å². The smallest absolute Gasteiger partial charge is 0.224 e. The Morgan fingerprint density at radius 3 is 2.71 bits per heavy atom. The molecule has 5 heteroatoms. The van der Waals surface area contributed by atoms with Gasteiger partial charge in [-0.05, 0) is 24.1 Å². The SMILES string of the molecule is CCS[CH+]CCC(=O)NCCc1ccc(OC)c(OC)c1. The van der Waals surface area contributed by atoms with E-state index in [2.05, 4.69) is 18.0 Å². The van der Waals surface area contributed by atoms with Gasteiger partial charge in [0.25, 0.3) is 0 Å². The van der Waals surface area contributed by atoms with E-state index in [1.54, 1.807) is 26.0 Å². The lowest BCUT2D eigenvalue weighted by atomic mass is 10.1. The number of rotatable bonds is 10. The normalized spacial score (nSPS) is 10.0. The number of thioether (sulfide) groups is 1. The van der Waals surface area contributed by atoms with Gasteiger partial charge >= 0.3 is 0 Å². The molecule has 4 nitrogen and oxygen atoms in total. The molecule has 1 aromatic rings. The first-order chi connectivity index (χ1) is 10.2. The number of hydrogen-bond donors (Lipinski definition) is 1. The van der Waals surface area contributed by atoms with Gasteiger partial charge in [-0.25, -0.2) is 0 Å². The van der Waals surface area contributed by atoms with Crippen molar-refractivity contribution in [1.29, 1.82) is 0 Å². The standard InChI is InChI=1S/C16H23NO3S/c1-4-21-11-5-6-16(18)17-10-9-13-7-8-14(19-2)15(12-13)20-3/h7-8,11-12H,4-6,9-10H2,1-3H3/p+1. The molecule has 0 saturated heterocycles. The zero-order chi connectivity index (χ0) is 15.5. The number of hydrogen-bond acceptors (Lipinski definition) is 4. The summed E-state index contributed by atoms with van der Waals surface area (Å²) in [6.07, 6.45) is 2.15. The second-order valence-corrected chi connectivity index (χ2v) is 5.69. The van der Waals surface area contributed by atoms with Gasteiger partial charge in [0, 0.05) is 12.3 Å². The van der Waals surface area contributed by atoms with E-state index in [-0.39, 0.29) is 5.91 Å². The third kappa shape index (κ3) is 6.67. The number of nitrogens with one attached hydrogen (secondary N) is 1. The number of carbonyl (C=O) groups is 1. The van der Waals surface area contributed by atoms with Gasteiger partial charge in [0.1, 0.15) is 12.2 Å². The summed E-state index contributed by atoms with van der Waals surface area (Å²) in [6, 6.07) is 5.81. The Kier molecular flexibility index (Phi) is 8.59. The largest absolute Gasteiger partial charge is 0.493 e. The third-order valence-corrected chi connectivity index (χ3v) is 3.76. The van der Waals surface area contributed by atoms with Gasteiger partial charge in [-0.1, -0.05) is 13.0 Å². The maximum atomic E-state index is 11.6. The van der Waals surface area contributed by atoms with Crippen molar-refractivity contribution in [2.24, 2.45) is 0 Å². The molecule has 1 amide bonds. The fourth-order valence-electron chi connectivity index (χ4n) is 1.86. The number of methoxy groups -OCH3 is 2. The Bertz CT molecular complexity index is 438. The summed E-state index contributed by atoms with van der Waals surface area (Å²) in [4.78, 5) is 11.6. The topological polar surface area (TPSA) is 47.6 Å². The molecule has 0 unspecified atom stereocenters. The molecule has 0 spiro atoms. The van der Waals surface area contributed by atoms with Gasteiger partial charge in [0.15, 0.2) is 11.5 Å². The molecule has 21 heavy (non-hydrogen) atoms. The zero-order valence-corrected chi connectivity index (χ0v) is 13.8. The second kappa shape index (κ2) is 10.3. The van der Waals surface area contributed by atoms with Gasteiger partial charge < -0.3 is 14.8 Å². The van der Waals surface area contributed by atoms with Crippen LogP contribution in [0.5, 0.6) is 11.5 Å². The summed E-state index contributed by atoms with van der Waals surface area (Å²) in [6.45, 7) is 2.74. The Morgan fingerprint density at radius 2 is 2.05 bits per heavy atom. The first-order valence-electron chi connectivity index (χ1n) is 7.12. The van der Waals surface area contributed by atoms with Crippen LogP contribution in [0.2, 0.25) is 0 Å². The van der Waals surface area contributed by atoms with Gasteiger partial charge in [-0.3, -0.25) is 4.79 Å². The average molecular weight is 310 g/mol. The summed E-state index contributed by atoms with van der Waals surface area (Å²) in [7, 11) is 3.24. The lowest BCUT2D eigenvalue weighted by Gasteiger charge is -2.10. The molecule has 1 rings (SSSR count). The summed E-state index contributed by atoms with van der Waals surface area (Å²) in [5.74, 6) is 4.68. The van der Waals surface area contributed by atoms with Gasteiger partial charge in [0.2, 0.25) is 5.91 Å². The quantitative estimate of drug-likeness (QED) is 0.533. The van der Waals surface area contributed by atoms with Crippen LogP contribution < -0.4 is 14.8 Å². The molecular weight excluding hydrogens is 286 g/mol. The summed E-state index contributed by atoms with van der Waals surface area (Å²) in [5.41, 5.74) is 1.11. The molecule has 0 aliphatic heterocycles. The number of carbonyl (C=O) groups excluding carboxylic acids is 1. The Labute approximate surface area is 131 Å². The van der Waals surface area contributed by atoms with Crippen molar-refractivity contribution < 1.29 is 14.3 Å². The third-order valence-electron chi connectivity index (χ3n) is 2.96. The van der Waals surface area contributed by atoms with Crippen molar-refractivity contribution in [3.63, 3.8) is 0 Å². The fourth-order valence-corrected chi connectivity index (χ4v) is 2.38. The van der Waals surface area contributed by atoms with E-state index in [0.29, 0.717) is 24.5 Å². The van der Waals surface area contributed by atoms with Gasteiger partial charge in [-0.15, -0.1) is 0 Å². The molecule has 0 atom stereocenters. The Balaban J connectivity index is 2.30. The van der Waals surface area contributed by atoms with Crippen molar-refractivity contribution in [2.75, 3.05) is 26.5 Å². The van der Waals surface area contributed by atoms with Crippen molar-refractivity contribution >= 4 is 17.7 Å². The van der Waals surface area contributed by atoms with Crippen LogP contribution in [-0.4, -0.2) is 32.4 Å². The van der Waals surface area contributed by atoms with E-state index >= 15 is 0 Å². The van der Waals surface area contributed by atoms with Crippen LogP contribution in [0.4, 0.5) is 0 Å². The molecule has 1 aromatic carbocycles. The van der Waals surface area contributed by atoms with Crippen molar-refractivity contribution in [3.05, 3.63) is 29.5 Å². The maximum absolute atomic E-state index is 11.6. The fraction of sp³-hybridized carbons (Fsp3) is 0.500. The van der Waals surface area contributed by atoms with E-state index in [0.717, 1.165) is 24.2 Å². The van der Waals surface area contributed by atoms with E-state index in [1.807, 2.05) is 18.2 Å². The van der Waals surface area contributed by atoms with Crippen LogP contribution in [0.15, 0.2) is 18.2 Å². The predicted molar refractivity (Wildman–Crippen MR) is 87.9 cm³/mol. The minimum absolute atomic E-state index is 0.100. The highest BCUT2D eigenvalue weighted by Gasteiger charge is 2.07. The van der Waals surface area contributed by atoms with Crippen molar-refractivity contribution in [1.82, 2.24) is 5.32 Å². The Morgan fingerprint density at radius 1 is 1.29 bits per heavy atom. The first kappa shape index (κ1) is 17.6. The number of benzene rings is 1. The number of ether oxygens (including phenoxy) is 2. The highest BCUT2D eigenvalue weighted by molar-refractivity contribution is 8.01. The molecule has 0 radical (unpaired) electrons. The predicted octanol–water partition coefficient (Wildman–Crippen LogP) is 3.06. The molecule has 0 fully saturated rings. The molecule has 0 heterocycles. The minimum Gasteiger partial charge on any atom is -0.493 e. The molecule has 0 aliphatic carbocycles. The van der Waals surface area contributed by atoms with Crippen LogP contribution in [-0.2, 0) is 11.2 Å². The van der Waals surface area contributed by atoms with E-state index in [4.69, 9.17) is 9.47 Å². The van der Waals surface area contributed by atoms with Crippen LogP contribution in [0.25, 0.3) is 0 Å². The van der Waals surface area contributed by atoms with Crippen molar-refractivity contribution in [3.8, 4) is 11.5 Å². The van der Waals surface area contributed by atoms with Crippen LogP contribution in [0.3, 0.4) is 0 Å². The first-order valence-corrected chi connectivity index (χ1v) is 8.17. The average Bonchev–Trinajstić information content (AvgIpc) is 2.51. The summed E-state index contributed by atoms with van der Waals surface area (Å²) < 4.78 is 10.5. The summed E-state index contributed by atoms with van der Waals surface area (Å²) >= 11 is 1.75. The van der Waals surface area contributed by atoms with E-state index in [9.17, 15) is 4.79 Å². The highest BCUT2D eigenvalue weighted by Crippen LogP contribution is 2.27. The monoisotopic (exact) mass is 310 g/mol. The molecule has 1 N–H and O–H groups in total. The van der Waals surface area contributed by atoms with Crippen LogP contribution >= 0.6 is 11.8 Å². The van der Waals surface area contributed by atoms with E-state index < -0.39 is 0 Å². The van der Waals surface area contributed by atoms with Crippen LogP contribution in [0, 0.1) is 5.75 Å². The maximum Gasteiger partial charge on any atom is 0.224 e. The highest BCUT2D eigenvalue weighted by atomic mass is 32.2. The lowest BCUT2D eigenvalue weighted by molar-refractivity contribution is -0.121. The molecule has 0 bridgehead atoms. The van der Waals surface area contributed by atoms with Gasteiger partial charge in [0.05, 0.1) is 32.4 Å². The Hall–Kier alpha value is -1.49. The molecule has 0 saturated carbocycles. The van der Waals surface area contributed by atoms with E-state index in [1.165, 1.54) is 0 Å². The molecule has 0 aliphatic rings. The number of amides is 1. The van der Waals surface area contributed by atoms with Crippen LogP contribution in [0.1, 0.15) is 25.3 Å². The second-order valence-electron chi connectivity index (χ2n) is 4.45. The minimum atomic E-state index is 0.100. The molecule has 116 valence electrons. The van der Waals surface area contributed by atoms with Crippen molar-refractivity contribution in [2.45, 2.75) is 26.2 Å². The summed E-state index contributed by atoms with van der Waals surface area (Å²) in [5, 5.41) is 2.93. The zero-order valence-electron chi connectivity index (χ0n) is 13.0. The molecular formula is C16H24NO3S+. The molecule has 0 aromatic heterocycles.